The van der Waals surface area contributed by atoms with Crippen LogP contribution in [0.2, 0.25) is 0 Å². The summed E-state index contributed by atoms with van der Waals surface area (Å²) in [4.78, 5) is 67.9. The van der Waals surface area contributed by atoms with Crippen LogP contribution >= 0.6 is 11.8 Å². The summed E-state index contributed by atoms with van der Waals surface area (Å²) in [7, 11) is 0. The number of benzene rings is 2. The third kappa shape index (κ3) is 4.43. The maximum Gasteiger partial charge on any atom is 0.327 e. The Bertz CT molecular complexity index is 1640. The van der Waals surface area contributed by atoms with Gasteiger partial charge in [-0.25, -0.2) is 13.6 Å². The highest BCUT2D eigenvalue weighted by Gasteiger charge is 2.64. The molecule has 3 amide bonds. The first-order valence-electron chi connectivity index (χ1n) is 11.9. The zero-order valence-corrected chi connectivity index (χ0v) is 21.7. The van der Waals surface area contributed by atoms with Crippen molar-refractivity contribution in [1.29, 1.82) is 0 Å². The minimum absolute atomic E-state index is 0.0435. The molecular weight excluding hydrogens is 550 g/mol. The monoisotopic (exact) mass is 572 g/mol. The number of aliphatic carboxylic acids is 1. The lowest BCUT2D eigenvalue weighted by Gasteiger charge is -2.44. The van der Waals surface area contributed by atoms with Gasteiger partial charge in [-0.05, 0) is 37.6 Å². The molecule has 2 aromatic carbocycles. The van der Waals surface area contributed by atoms with Crippen molar-refractivity contribution >= 4 is 46.4 Å². The number of nitrogens with one attached hydrogen (secondary N) is 3. The van der Waals surface area contributed by atoms with Crippen LogP contribution in [0.4, 0.5) is 8.78 Å². The van der Waals surface area contributed by atoms with E-state index in [1.165, 1.54) is 40.9 Å². The molecule has 2 aliphatic rings. The quantitative estimate of drug-likeness (QED) is 0.278. The van der Waals surface area contributed by atoms with Gasteiger partial charge in [-0.3, -0.25) is 19.2 Å². The van der Waals surface area contributed by atoms with Crippen molar-refractivity contribution in [3.05, 3.63) is 75.6 Å². The van der Waals surface area contributed by atoms with Gasteiger partial charge in [0.05, 0.1) is 5.52 Å². The van der Waals surface area contributed by atoms with Crippen LogP contribution in [0.3, 0.4) is 0 Å². The van der Waals surface area contributed by atoms with Crippen LogP contribution in [0, 0.1) is 11.6 Å². The number of phenolic OH excluding ortho intramolecular Hbond substituents is 1. The summed E-state index contributed by atoms with van der Waals surface area (Å²) in [5, 5.41) is 23.3. The number of carboxylic acids is 1. The molecule has 4 atom stereocenters. The highest BCUT2D eigenvalue weighted by molar-refractivity contribution is 8.01. The van der Waals surface area contributed by atoms with Crippen molar-refractivity contribution in [3.8, 4) is 5.75 Å². The van der Waals surface area contributed by atoms with Crippen LogP contribution in [0.1, 0.15) is 35.8 Å². The molecule has 5 N–H and O–H groups in total. The molecule has 0 aliphatic carbocycles. The fraction of sp³-hybridized carbons (Fsp3) is 0.269. The average Bonchev–Trinajstić information content (AvgIpc) is 3.15. The van der Waals surface area contributed by atoms with Crippen LogP contribution in [0.5, 0.6) is 5.75 Å². The van der Waals surface area contributed by atoms with Gasteiger partial charge in [0.15, 0.2) is 11.6 Å². The van der Waals surface area contributed by atoms with Gasteiger partial charge in [0.1, 0.15) is 34.8 Å². The predicted molar refractivity (Wildman–Crippen MR) is 138 cm³/mol. The number of halogens is 2. The highest BCUT2D eigenvalue weighted by Crippen LogP contribution is 2.50. The molecule has 14 heteroatoms. The summed E-state index contributed by atoms with van der Waals surface area (Å²) < 4.78 is 26.5. The van der Waals surface area contributed by atoms with E-state index >= 15 is 0 Å². The zero-order chi connectivity index (χ0) is 29.1. The number of aromatic hydroxyl groups is 1. The summed E-state index contributed by atoms with van der Waals surface area (Å²) in [6, 6.07) is 3.06. The molecule has 3 heterocycles. The Morgan fingerprint density at radius 3 is 2.40 bits per heavy atom. The van der Waals surface area contributed by atoms with Crippen molar-refractivity contribution < 1.29 is 38.2 Å². The van der Waals surface area contributed by atoms with E-state index in [9.17, 15) is 43.0 Å². The number of aromatic amines is 1. The Morgan fingerprint density at radius 1 is 1.10 bits per heavy atom. The van der Waals surface area contributed by atoms with Gasteiger partial charge in [0.2, 0.25) is 17.2 Å². The molecule has 2 aliphatic heterocycles. The molecule has 11 nitrogen and oxygen atoms in total. The molecule has 5 rings (SSSR count). The Kier molecular flexibility index (Phi) is 6.53. The Labute approximate surface area is 228 Å². The van der Waals surface area contributed by atoms with E-state index in [0.717, 1.165) is 12.3 Å². The first kappa shape index (κ1) is 27.1. The summed E-state index contributed by atoms with van der Waals surface area (Å²) in [6.45, 7) is 3.36. The topological polar surface area (TPSA) is 169 Å². The number of nitrogens with zero attached hydrogens (tertiary/aromatic N) is 1. The standard InChI is InChI=1S/C26H22F2N4O7S/c1-26(2)20(25(38)39)32-23(37)18(24(32)40-26)31-22(36)17(10-3-5-11(33)6-4-10)30-21(35)13-9-29-16-8-15(28)14(27)7-12(16)19(13)34/h3-9,17-18,20,24,33H,1-2H3,(H,29,34)(H,30,35)(H,31,36)(H,38,39)/t17?,18?,20-,24+/m0/s1. The molecule has 0 spiro atoms. The van der Waals surface area contributed by atoms with Crippen LogP contribution in [0.25, 0.3) is 10.9 Å². The molecule has 0 saturated carbocycles. The van der Waals surface area contributed by atoms with E-state index in [0.29, 0.717) is 6.07 Å². The summed E-state index contributed by atoms with van der Waals surface area (Å²) in [6.07, 6.45) is 1.000. The molecule has 0 radical (unpaired) electrons. The number of phenols is 1. The molecular formula is C26H22F2N4O7S. The van der Waals surface area contributed by atoms with E-state index in [1.54, 1.807) is 13.8 Å². The normalized spacial score (nSPS) is 21.9. The minimum Gasteiger partial charge on any atom is -0.508 e. The van der Waals surface area contributed by atoms with Crippen LogP contribution in [-0.2, 0) is 14.4 Å². The van der Waals surface area contributed by atoms with Gasteiger partial charge in [-0.2, -0.15) is 0 Å². The van der Waals surface area contributed by atoms with Crippen molar-refractivity contribution in [2.24, 2.45) is 0 Å². The largest absolute Gasteiger partial charge is 0.508 e. The Hall–Kier alpha value is -4.46. The van der Waals surface area contributed by atoms with Gasteiger partial charge < -0.3 is 30.7 Å². The fourth-order valence-electron chi connectivity index (χ4n) is 4.94. The number of carbonyl (C=O) groups excluding carboxylic acids is 3. The third-order valence-corrected chi connectivity index (χ3v) is 8.47. The number of amides is 3. The number of carbonyl (C=O) groups is 4. The molecule has 1 aromatic heterocycles. The SMILES string of the molecule is CC1(C)S[C@@H]2C(NC(=O)C(NC(=O)c3c[nH]c4cc(F)c(F)cc4c3=O)c3ccc(O)cc3)C(=O)N2[C@H]1C(=O)O. The van der Waals surface area contributed by atoms with Crippen LogP contribution in [-0.4, -0.2) is 66.0 Å². The first-order valence-corrected chi connectivity index (χ1v) is 12.8. The van der Waals surface area contributed by atoms with E-state index in [2.05, 4.69) is 15.6 Å². The molecule has 208 valence electrons. The minimum atomic E-state index is -1.45. The van der Waals surface area contributed by atoms with Gasteiger partial charge in [-0.1, -0.05) is 12.1 Å². The Morgan fingerprint density at radius 2 is 1.75 bits per heavy atom. The smallest absolute Gasteiger partial charge is 0.327 e. The number of hydrogen-bond donors (Lipinski definition) is 5. The number of H-pyrrole nitrogens is 1. The fourth-order valence-corrected chi connectivity index (χ4v) is 6.57. The summed E-state index contributed by atoms with van der Waals surface area (Å²) in [5.74, 6) is -6.22. The van der Waals surface area contributed by atoms with Gasteiger partial charge in [-0.15, -0.1) is 11.8 Å². The number of β-lactam (4-membered cyclic amide) rings is 1. The van der Waals surface area contributed by atoms with Gasteiger partial charge >= 0.3 is 5.97 Å². The second kappa shape index (κ2) is 9.62. The third-order valence-electron chi connectivity index (χ3n) is 6.90. The van der Waals surface area contributed by atoms with Crippen LogP contribution < -0.4 is 16.1 Å². The van der Waals surface area contributed by atoms with E-state index < -0.39 is 74.6 Å². The van der Waals surface area contributed by atoms with Crippen LogP contribution in [0.15, 0.2) is 47.4 Å². The number of rotatable bonds is 6. The zero-order valence-electron chi connectivity index (χ0n) is 20.9. The van der Waals surface area contributed by atoms with Crippen molar-refractivity contribution in [2.45, 2.75) is 42.1 Å². The molecule has 2 fully saturated rings. The molecule has 2 unspecified atom stereocenters. The molecule has 0 bridgehead atoms. The lowest BCUT2D eigenvalue weighted by Crippen LogP contribution is -2.71. The number of hydrogen-bond acceptors (Lipinski definition) is 7. The second-order valence-corrected chi connectivity index (χ2v) is 11.7. The molecule has 3 aromatic rings. The second-order valence-electron chi connectivity index (χ2n) is 9.93. The van der Waals surface area contributed by atoms with Crippen molar-refractivity contribution in [1.82, 2.24) is 20.5 Å². The lowest BCUT2D eigenvalue weighted by atomic mass is 9.95. The summed E-state index contributed by atoms with van der Waals surface area (Å²) in [5.41, 5.74) is -1.25. The lowest BCUT2D eigenvalue weighted by molar-refractivity contribution is -0.161. The number of thioether (sulfide) groups is 1. The highest BCUT2D eigenvalue weighted by atomic mass is 32.2. The number of pyridine rings is 1. The van der Waals surface area contributed by atoms with Gasteiger partial charge in [0.25, 0.3) is 5.91 Å². The summed E-state index contributed by atoms with van der Waals surface area (Å²) >= 11 is 1.22. The number of aromatic nitrogens is 1. The Balaban J connectivity index is 1.42. The molecule has 40 heavy (non-hydrogen) atoms. The van der Waals surface area contributed by atoms with E-state index in [4.69, 9.17) is 0 Å². The van der Waals surface area contributed by atoms with E-state index in [1.807, 2.05) is 0 Å². The number of fused-ring (bicyclic) bond motifs is 2. The van der Waals surface area contributed by atoms with Crippen molar-refractivity contribution in [2.75, 3.05) is 0 Å². The first-order chi connectivity index (χ1) is 18.8. The molecule has 2 saturated heterocycles. The maximum absolute atomic E-state index is 13.8. The average molecular weight is 573 g/mol. The number of carboxylic acid groups (broad SMARTS) is 1. The maximum atomic E-state index is 13.8. The van der Waals surface area contributed by atoms with E-state index in [-0.39, 0.29) is 22.2 Å². The van der Waals surface area contributed by atoms with Gasteiger partial charge in [0, 0.05) is 22.4 Å². The predicted octanol–water partition coefficient (Wildman–Crippen LogP) is 1.61. The van der Waals surface area contributed by atoms with Crippen molar-refractivity contribution in [3.63, 3.8) is 0 Å².